The van der Waals surface area contributed by atoms with Crippen LogP contribution in [0.3, 0.4) is 0 Å². The van der Waals surface area contributed by atoms with Crippen molar-refractivity contribution in [1.82, 2.24) is 4.90 Å². The highest BCUT2D eigenvalue weighted by Crippen LogP contribution is 2.52. The van der Waals surface area contributed by atoms with Crippen molar-refractivity contribution in [2.75, 3.05) is 14.1 Å². The molecule has 2 fully saturated rings. The fourth-order valence-corrected chi connectivity index (χ4v) is 8.60. The van der Waals surface area contributed by atoms with Crippen LogP contribution in [0.1, 0.15) is 104 Å². The standard InChI is InChI=1S/C24H48NP/c1-6-8-9-10-11-14-20-15-12-16-22(20)26-23-18-17-21(13-7-2)24(23)19(3)25(4)5/h19-24,26H,6-18H2,1-5H3. The summed E-state index contributed by atoms with van der Waals surface area (Å²) in [6.45, 7) is 7.22. The van der Waals surface area contributed by atoms with Crippen LogP contribution in [0, 0.1) is 17.8 Å². The van der Waals surface area contributed by atoms with Crippen molar-refractivity contribution < 1.29 is 0 Å². The lowest BCUT2D eigenvalue weighted by Gasteiger charge is -2.36. The number of rotatable bonds is 12. The van der Waals surface area contributed by atoms with Gasteiger partial charge in [-0.25, -0.2) is 0 Å². The van der Waals surface area contributed by atoms with E-state index >= 15 is 0 Å². The van der Waals surface area contributed by atoms with Crippen molar-refractivity contribution in [2.45, 2.75) is 122 Å². The highest BCUT2D eigenvalue weighted by molar-refractivity contribution is 7.39. The third-order valence-electron chi connectivity index (χ3n) is 7.65. The van der Waals surface area contributed by atoms with Gasteiger partial charge in [0.1, 0.15) is 0 Å². The number of hydrogen-bond donors (Lipinski definition) is 0. The largest absolute Gasteiger partial charge is 0.306 e. The zero-order valence-electron chi connectivity index (χ0n) is 18.6. The molecular formula is C24H48NP. The summed E-state index contributed by atoms with van der Waals surface area (Å²) in [6, 6.07) is 0.764. The minimum atomic E-state index is 0.764. The van der Waals surface area contributed by atoms with E-state index in [1.807, 2.05) is 0 Å². The Kier molecular flexibility index (Phi) is 10.5. The molecule has 26 heavy (non-hydrogen) atoms. The van der Waals surface area contributed by atoms with Crippen molar-refractivity contribution in [3.63, 3.8) is 0 Å². The zero-order valence-corrected chi connectivity index (χ0v) is 19.6. The minimum Gasteiger partial charge on any atom is -0.306 e. The average molecular weight is 382 g/mol. The van der Waals surface area contributed by atoms with E-state index in [0.29, 0.717) is 0 Å². The van der Waals surface area contributed by atoms with Crippen molar-refractivity contribution >= 4 is 8.58 Å². The Morgan fingerprint density at radius 3 is 2.27 bits per heavy atom. The second-order valence-electron chi connectivity index (χ2n) is 9.68. The molecular weight excluding hydrogens is 333 g/mol. The van der Waals surface area contributed by atoms with Gasteiger partial charge >= 0.3 is 0 Å². The van der Waals surface area contributed by atoms with Gasteiger partial charge in [-0.3, -0.25) is 0 Å². The van der Waals surface area contributed by atoms with Crippen LogP contribution >= 0.6 is 8.58 Å². The zero-order chi connectivity index (χ0) is 18.9. The maximum absolute atomic E-state index is 2.51. The summed E-state index contributed by atoms with van der Waals surface area (Å²) in [6.07, 6.45) is 19.3. The van der Waals surface area contributed by atoms with E-state index in [4.69, 9.17) is 0 Å². The Balaban J connectivity index is 1.87. The maximum atomic E-state index is 2.51. The third-order valence-corrected chi connectivity index (χ3v) is 9.94. The molecule has 0 N–H and O–H groups in total. The third kappa shape index (κ3) is 6.48. The predicted molar refractivity (Wildman–Crippen MR) is 121 cm³/mol. The van der Waals surface area contributed by atoms with Gasteiger partial charge in [0.05, 0.1) is 0 Å². The van der Waals surface area contributed by atoms with Crippen LogP contribution in [0.2, 0.25) is 0 Å². The van der Waals surface area contributed by atoms with Crippen molar-refractivity contribution in [3.8, 4) is 0 Å². The van der Waals surface area contributed by atoms with Gasteiger partial charge in [0.2, 0.25) is 0 Å². The topological polar surface area (TPSA) is 3.24 Å². The Bertz CT molecular complexity index is 369. The molecule has 154 valence electrons. The number of unbranched alkanes of at least 4 members (excludes halogenated alkanes) is 4. The van der Waals surface area contributed by atoms with Gasteiger partial charge in [0.25, 0.3) is 0 Å². The van der Waals surface area contributed by atoms with Gasteiger partial charge in [-0.1, -0.05) is 65.2 Å². The number of hydrogen-bond acceptors (Lipinski definition) is 1. The van der Waals surface area contributed by atoms with E-state index in [1.54, 1.807) is 19.3 Å². The van der Waals surface area contributed by atoms with Gasteiger partial charge < -0.3 is 4.90 Å². The number of nitrogens with zero attached hydrogens (tertiary/aromatic N) is 1. The molecule has 0 radical (unpaired) electrons. The Morgan fingerprint density at radius 2 is 1.58 bits per heavy atom. The summed E-state index contributed by atoms with van der Waals surface area (Å²) in [7, 11) is 5.87. The quantitative estimate of drug-likeness (QED) is 0.252. The monoisotopic (exact) mass is 381 g/mol. The van der Waals surface area contributed by atoms with Crippen molar-refractivity contribution in [2.24, 2.45) is 17.8 Å². The molecule has 2 saturated carbocycles. The Labute approximate surface area is 167 Å². The van der Waals surface area contributed by atoms with E-state index < -0.39 is 0 Å². The van der Waals surface area contributed by atoms with E-state index in [2.05, 4.69) is 39.8 Å². The van der Waals surface area contributed by atoms with E-state index in [-0.39, 0.29) is 0 Å². The lowest BCUT2D eigenvalue weighted by atomic mass is 9.86. The highest BCUT2D eigenvalue weighted by Gasteiger charge is 2.41. The van der Waals surface area contributed by atoms with Crippen LogP contribution in [-0.4, -0.2) is 36.4 Å². The van der Waals surface area contributed by atoms with Crippen LogP contribution in [-0.2, 0) is 0 Å². The molecule has 0 heterocycles. The molecule has 0 aromatic heterocycles. The molecule has 0 aromatic rings. The first-order valence-electron chi connectivity index (χ1n) is 12.0. The molecule has 1 nitrogen and oxygen atoms in total. The van der Waals surface area contributed by atoms with Crippen LogP contribution < -0.4 is 0 Å². The maximum Gasteiger partial charge on any atom is 0.00976 e. The van der Waals surface area contributed by atoms with E-state index in [9.17, 15) is 0 Å². The fraction of sp³-hybridized carbons (Fsp3) is 1.00. The second-order valence-corrected chi connectivity index (χ2v) is 11.5. The van der Waals surface area contributed by atoms with Crippen molar-refractivity contribution in [3.05, 3.63) is 0 Å². The first-order valence-corrected chi connectivity index (χ1v) is 13.2. The van der Waals surface area contributed by atoms with Gasteiger partial charge in [-0.15, -0.1) is 8.58 Å². The summed E-state index contributed by atoms with van der Waals surface area (Å²) in [4.78, 5) is 2.51. The SMILES string of the molecule is CCCCCCCC1CCCC1PC1CCC(CCC)C1C(C)N(C)C. The van der Waals surface area contributed by atoms with Gasteiger partial charge in [-0.2, -0.15) is 0 Å². The fourth-order valence-electron chi connectivity index (χ4n) is 5.97. The second kappa shape index (κ2) is 12.1. The summed E-state index contributed by atoms with van der Waals surface area (Å²) in [5.41, 5.74) is 2.12. The van der Waals surface area contributed by atoms with Crippen molar-refractivity contribution in [1.29, 1.82) is 0 Å². The van der Waals surface area contributed by atoms with Crippen LogP contribution in [0.5, 0.6) is 0 Å². The molecule has 2 heteroatoms. The van der Waals surface area contributed by atoms with Gasteiger partial charge in [-0.05, 0) is 82.2 Å². The van der Waals surface area contributed by atoms with E-state index in [0.717, 1.165) is 35.1 Å². The molecule has 0 bridgehead atoms. The molecule has 7 atom stereocenters. The molecule has 0 aromatic carbocycles. The summed E-state index contributed by atoms with van der Waals surface area (Å²) in [5, 5.41) is 0. The molecule has 0 spiro atoms. The lowest BCUT2D eigenvalue weighted by Crippen LogP contribution is -2.39. The smallest absolute Gasteiger partial charge is 0.00976 e. The summed E-state index contributed by atoms with van der Waals surface area (Å²) < 4.78 is 0. The van der Waals surface area contributed by atoms with Crippen LogP contribution in [0.15, 0.2) is 0 Å². The Hall–Kier alpha value is 0.390. The molecule has 0 saturated heterocycles. The summed E-state index contributed by atoms with van der Waals surface area (Å²) in [5.74, 6) is 3.05. The minimum absolute atomic E-state index is 0.764. The molecule has 0 aliphatic heterocycles. The van der Waals surface area contributed by atoms with Crippen LogP contribution in [0.25, 0.3) is 0 Å². The average Bonchev–Trinajstić information content (AvgIpc) is 3.22. The van der Waals surface area contributed by atoms with Gasteiger partial charge in [0.15, 0.2) is 0 Å². The molecule has 2 aliphatic rings. The highest BCUT2D eigenvalue weighted by atomic mass is 31.1. The molecule has 0 amide bonds. The van der Waals surface area contributed by atoms with Crippen LogP contribution in [0.4, 0.5) is 0 Å². The summed E-state index contributed by atoms with van der Waals surface area (Å²) >= 11 is 0. The molecule has 2 rings (SSSR count). The normalized spacial score (nSPS) is 33.7. The lowest BCUT2D eigenvalue weighted by molar-refractivity contribution is 0.186. The molecule has 2 aliphatic carbocycles. The Morgan fingerprint density at radius 1 is 0.808 bits per heavy atom. The first-order chi connectivity index (χ1) is 12.6. The van der Waals surface area contributed by atoms with Gasteiger partial charge in [0, 0.05) is 6.04 Å². The predicted octanol–water partition coefficient (Wildman–Crippen LogP) is 7.34. The first kappa shape index (κ1) is 22.7. The molecule has 7 unspecified atom stereocenters. The van der Waals surface area contributed by atoms with E-state index in [1.165, 1.54) is 72.8 Å².